The van der Waals surface area contributed by atoms with Gasteiger partial charge in [-0.2, -0.15) is 0 Å². The molecule has 3 heterocycles. The third-order valence-corrected chi connectivity index (χ3v) is 5.76. The van der Waals surface area contributed by atoms with Gasteiger partial charge in [0, 0.05) is 7.05 Å². The monoisotopic (exact) mass is 445 g/mol. The summed E-state index contributed by atoms with van der Waals surface area (Å²) in [4.78, 5) is 23.7. The summed E-state index contributed by atoms with van der Waals surface area (Å²) in [5, 5.41) is 15.7. The maximum absolute atomic E-state index is 15.4. The van der Waals surface area contributed by atoms with E-state index in [1.165, 1.54) is 38.2 Å². The van der Waals surface area contributed by atoms with Gasteiger partial charge in [-0.25, -0.2) is 19.3 Å². The van der Waals surface area contributed by atoms with Gasteiger partial charge in [0.15, 0.2) is 23.4 Å². The molecule has 164 valence electrons. The maximum Gasteiger partial charge on any atom is 0.613 e. The molecule has 0 bridgehead atoms. The Kier molecular flexibility index (Phi) is 6.58. The second kappa shape index (κ2) is 8.82. The van der Waals surface area contributed by atoms with E-state index in [-0.39, 0.29) is 6.61 Å². The van der Waals surface area contributed by atoms with E-state index in [2.05, 4.69) is 30.1 Å². The molecule has 0 aromatic carbocycles. The first-order valence-electron chi connectivity index (χ1n) is 9.02. The van der Waals surface area contributed by atoms with Gasteiger partial charge < -0.3 is 19.9 Å². The van der Waals surface area contributed by atoms with Crippen molar-refractivity contribution in [2.45, 2.75) is 44.0 Å². The number of esters is 1. The summed E-state index contributed by atoms with van der Waals surface area (Å²) in [6.07, 6.45) is -1.31. The number of nitrogens with zero attached hydrogens (tertiary/aromatic N) is 4. The third kappa shape index (κ3) is 4.12. The summed E-state index contributed by atoms with van der Waals surface area (Å²) in [5.74, 6) is -0.161. The Morgan fingerprint density at radius 1 is 1.50 bits per heavy atom. The molecule has 0 radical (unpaired) electrons. The molecule has 3 rings (SSSR count). The molecular weight excluding hydrogens is 422 g/mol. The highest BCUT2D eigenvalue weighted by Gasteiger charge is 2.56. The maximum atomic E-state index is 15.4. The lowest BCUT2D eigenvalue weighted by atomic mass is 9.98. The minimum atomic E-state index is -2.48. The van der Waals surface area contributed by atoms with Crippen LogP contribution in [0.1, 0.15) is 20.1 Å². The molecule has 1 saturated heterocycles. The second-order valence-corrected chi connectivity index (χ2v) is 7.88. The topological polar surface area (TPSA) is 150 Å². The van der Waals surface area contributed by atoms with E-state index in [4.69, 9.17) is 9.26 Å². The summed E-state index contributed by atoms with van der Waals surface area (Å²) in [5.41, 5.74) is -1.49. The first kappa shape index (κ1) is 22.4. The third-order valence-electron chi connectivity index (χ3n) is 4.78. The van der Waals surface area contributed by atoms with Gasteiger partial charge in [-0.3, -0.25) is 9.36 Å². The van der Waals surface area contributed by atoms with Crippen LogP contribution in [0.5, 0.6) is 0 Å². The van der Waals surface area contributed by atoms with Crippen molar-refractivity contribution < 1.29 is 32.9 Å². The largest absolute Gasteiger partial charge is 0.613 e. The van der Waals surface area contributed by atoms with Gasteiger partial charge in [0.2, 0.25) is 0 Å². The minimum absolute atomic E-state index is 0.316. The van der Waals surface area contributed by atoms with Gasteiger partial charge in [0.25, 0.3) is 0 Å². The predicted octanol–water partition coefficient (Wildman–Crippen LogP) is 0.680. The van der Waals surface area contributed by atoms with E-state index < -0.39 is 44.3 Å². The molecule has 1 aliphatic rings. The summed E-state index contributed by atoms with van der Waals surface area (Å²) in [6, 6.07) is -0.870. The van der Waals surface area contributed by atoms with E-state index in [0.717, 1.165) is 0 Å². The minimum Gasteiger partial charge on any atom is -0.468 e. The summed E-state index contributed by atoms with van der Waals surface area (Å²) in [7, 11) is 0.383. The number of carbonyl (C=O) groups is 1. The number of hydrogen-bond donors (Lipinski definition) is 3. The summed E-state index contributed by atoms with van der Waals surface area (Å²) < 4.78 is 44.1. The lowest BCUT2D eigenvalue weighted by molar-refractivity contribution is -0.142. The first-order chi connectivity index (χ1) is 14.2. The van der Waals surface area contributed by atoms with Crippen LogP contribution in [0.2, 0.25) is 0 Å². The predicted molar refractivity (Wildman–Crippen MR) is 102 cm³/mol. The van der Waals surface area contributed by atoms with Crippen molar-refractivity contribution in [3.63, 3.8) is 0 Å². The van der Waals surface area contributed by atoms with E-state index in [1.54, 1.807) is 7.05 Å². The molecule has 12 nitrogen and oxygen atoms in total. The molecule has 1 fully saturated rings. The number of hydrogen-bond acceptors (Lipinski definition) is 10. The van der Waals surface area contributed by atoms with Gasteiger partial charge in [0.1, 0.15) is 36.7 Å². The standard InChI is InChI=1S/C16H23FN6O6P/c1-8(14(25)27-4)22-30(26)28-5-9-11(24)16(2,17)15(29-9)23-7-21-10-12(18-3)19-6-20-13(10)23/h6-9,11,15,24H,5H2,1-4H3,(H,22,26)(H,18,19,20)/q+1/t8-,9+,11+,15+,16+/m0/s1. The second-order valence-electron chi connectivity index (χ2n) is 6.85. The molecule has 14 heteroatoms. The molecule has 0 saturated carbocycles. The average molecular weight is 445 g/mol. The summed E-state index contributed by atoms with van der Waals surface area (Å²) >= 11 is 0. The van der Waals surface area contributed by atoms with Gasteiger partial charge in [0.05, 0.1) is 13.4 Å². The van der Waals surface area contributed by atoms with E-state index >= 15 is 4.39 Å². The fourth-order valence-electron chi connectivity index (χ4n) is 3.12. The zero-order valence-corrected chi connectivity index (χ0v) is 17.7. The number of alkyl halides is 1. The number of rotatable bonds is 8. The molecule has 3 N–H and O–H groups in total. The molecule has 6 atom stereocenters. The Hall–Kier alpha value is -2.31. The van der Waals surface area contributed by atoms with E-state index in [0.29, 0.717) is 17.0 Å². The van der Waals surface area contributed by atoms with E-state index in [1.807, 2.05) is 0 Å². The van der Waals surface area contributed by atoms with Crippen LogP contribution in [-0.4, -0.2) is 75.3 Å². The fraction of sp³-hybridized carbons (Fsp3) is 0.625. The lowest BCUT2D eigenvalue weighted by Crippen LogP contribution is -2.40. The molecule has 1 unspecified atom stereocenters. The van der Waals surface area contributed by atoms with Crippen LogP contribution in [0.3, 0.4) is 0 Å². The van der Waals surface area contributed by atoms with Crippen molar-refractivity contribution in [2.24, 2.45) is 0 Å². The number of halogens is 1. The molecule has 2 aromatic rings. The number of carbonyl (C=O) groups excluding carboxylic acids is 1. The Balaban J connectivity index is 1.73. The Morgan fingerprint density at radius 2 is 2.23 bits per heavy atom. The SMILES string of the molecule is CNc1ncnc2c1ncn2[C@@H]1O[C@H](CO[P+](=O)N[C@@H](C)C(=O)OC)[C@@H](O)[C@@]1(C)F. The Morgan fingerprint density at radius 3 is 2.90 bits per heavy atom. The number of aromatic nitrogens is 4. The number of methoxy groups -OCH3 is 1. The van der Waals surface area contributed by atoms with Crippen LogP contribution >= 0.6 is 8.18 Å². The van der Waals surface area contributed by atoms with Crippen LogP contribution in [0.25, 0.3) is 11.2 Å². The first-order valence-corrected chi connectivity index (χ1v) is 10.2. The van der Waals surface area contributed by atoms with Crippen LogP contribution in [0.15, 0.2) is 12.7 Å². The molecule has 2 aromatic heterocycles. The molecule has 1 aliphatic heterocycles. The van der Waals surface area contributed by atoms with Gasteiger partial charge >= 0.3 is 14.1 Å². The molecule has 0 spiro atoms. The number of anilines is 1. The van der Waals surface area contributed by atoms with Crippen LogP contribution in [-0.2, 0) is 23.4 Å². The molecule has 30 heavy (non-hydrogen) atoms. The number of fused-ring (bicyclic) bond motifs is 1. The summed E-state index contributed by atoms with van der Waals surface area (Å²) in [6.45, 7) is 2.26. The fourth-order valence-corrected chi connectivity index (χ4v) is 3.90. The van der Waals surface area contributed by atoms with Gasteiger partial charge in [-0.15, -0.1) is 4.52 Å². The number of imidazole rings is 1. The average Bonchev–Trinajstić information content (AvgIpc) is 3.24. The highest BCUT2D eigenvalue weighted by atomic mass is 31.1. The quantitative estimate of drug-likeness (QED) is 0.389. The molecule has 0 amide bonds. The van der Waals surface area contributed by atoms with Crippen molar-refractivity contribution >= 4 is 31.1 Å². The number of ether oxygens (including phenoxy) is 2. The van der Waals surface area contributed by atoms with Crippen molar-refractivity contribution in [3.05, 3.63) is 12.7 Å². The normalized spacial score (nSPS) is 27.8. The van der Waals surface area contributed by atoms with Crippen molar-refractivity contribution in [2.75, 3.05) is 26.1 Å². The van der Waals surface area contributed by atoms with Gasteiger partial charge in [-0.05, 0) is 18.4 Å². The van der Waals surface area contributed by atoms with Crippen LogP contribution < -0.4 is 10.4 Å². The Bertz CT molecular complexity index is 942. The highest BCUT2D eigenvalue weighted by Crippen LogP contribution is 2.43. The van der Waals surface area contributed by atoms with Crippen molar-refractivity contribution in [3.8, 4) is 0 Å². The molecular formula is C16H23FN6O6P+. The van der Waals surface area contributed by atoms with Crippen molar-refractivity contribution in [1.29, 1.82) is 0 Å². The number of aliphatic hydroxyl groups is 1. The molecule has 0 aliphatic carbocycles. The Labute approximate surface area is 172 Å². The van der Waals surface area contributed by atoms with Crippen LogP contribution in [0, 0.1) is 0 Å². The van der Waals surface area contributed by atoms with E-state index in [9.17, 15) is 14.5 Å². The van der Waals surface area contributed by atoms with Gasteiger partial charge in [-0.1, -0.05) is 5.09 Å². The lowest BCUT2D eigenvalue weighted by Gasteiger charge is -2.24. The van der Waals surface area contributed by atoms with Crippen LogP contribution in [0.4, 0.5) is 10.2 Å². The van der Waals surface area contributed by atoms with Crippen molar-refractivity contribution in [1.82, 2.24) is 24.6 Å². The zero-order valence-electron chi connectivity index (χ0n) is 16.8. The smallest absolute Gasteiger partial charge is 0.468 e. The highest BCUT2D eigenvalue weighted by molar-refractivity contribution is 7.36. The number of nitrogens with one attached hydrogen (secondary N) is 2. The zero-order chi connectivity index (χ0) is 22.1. The number of aliphatic hydroxyl groups excluding tert-OH is 1.